The monoisotopic (exact) mass is 390 g/mol. The van der Waals surface area contributed by atoms with Crippen molar-refractivity contribution in [2.75, 3.05) is 25.2 Å². The predicted octanol–water partition coefficient (Wildman–Crippen LogP) is 3.10. The van der Waals surface area contributed by atoms with Crippen molar-refractivity contribution >= 4 is 21.6 Å². The number of aryl methyl sites for hydroxylation is 2. The second-order valence-electron chi connectivity index (χ2n) is 6.47. The maximum atomic E-state index is 12.4. The molecule has 0 saturated carbocycles. The topological polar surface area (TPSA) is 75.7 Å². The van der Waals surface area contributed by atoms with Crippen LogP contribution >= 0.6 is 0 Å². The van der Waals surface area contributed by atoms with Crippen LogP contribution < -0.4 is 10.1 Å². The van der Waals surface area contributed by atoms with Crippen LogP contribution in [0.2, 0.25) is 0 Å². The van der Waals surface area contributed by atoms with E-state index in [2.05, 4.69) is 5.32 Å². The van der Waals surface area contributed by atoms with Gasteiger partial charge < -0.3 is 10.1 Å². The van der Waals surface area contributed by atoms with Crippen LogP contribution in [0.15, 0.2) is 42.5 Å². The summed E-state index contributed by atoms with van der Waals surface area (Å²) in [6, 6.07) is 13.0. The molecule has 0 aliphatic carbocycles. The largest absolute Gasteiger partial charge is 0.496 e. The molecule has 0 fully saturated rings. The number of carbonyl (C=O) groups is 1. The molecule has 0 bridgehead atoms. The van der Waals surface area contributed by atoms with Crippen LogP contribution in [0.25, 0.3) is 0 Å². The molecule has 0 aromatic heterocycles. The number of methoxy groups -OCH3 is 1. The van der Waals surface area contributed by atoms with Crippen LogP contribution in [-0.2, 0) is 21.4 Å². The molecule has 1 N–H and O–H groups in total. The van der Waals surface area contributed by atoms with Gasteiger partial charge in [-0.25, -0.2) is 8.42 Å². The van der Waals surface area contributed by atoms with Crippen LogP contribution in [0.4, 0.5) is 5.69 Å². The Balaban J connectivity index is 2.08. The standard InChI is InChI=1S/C20H26N2O4S/c1-15-8-7-9-16(2)20(15)21-19(23)12-13-22(27(4,24)25)14-17-10-5-6-11-18(17)26-3/h5-11H,12-14H2,1-4H3,(H,21,23). The molecule has 0 spiro atoms. The quantitative estimate of drug-likeness (QED) is 0.751. The summed E-state index contributed by atoms with van der Waals surface area (Å²) in [6.45, 7) is 4.09. The van der Waals surface area contributed by atoms with Gasteiger partial charge in [0.2, 0.25) is 15.9 Å². The third kappa shape index (κ3) is 5.80. The Morgan fingerprint density at radius 3 is 2.30 bits per heavy atom. The fraction of sp³-hybridized carbons (Fsp3) is 0.350. The van der Waals surface area contributed by atoms with Crippen molar-refractivity contribution in [3.8, 4) is 5.75 Å². The molecule has 27 heavy (non-hydrogen) atoms. The fourth-order valence-electron chi connectivity index (χ4n) is 2.83. The highest BCUT2D eigenvalue weighted by Gasteiger charge is 2.20. The van der Waals surface area contributed by atoms with E-state index in [1.54, 1.807) is 13.2 Å². The molecule has 0 unspecified atom stereocenters. The Morgan fingerprint density at radius 1 is 1.07 bits per heavy atom. The minimum Gasteiger partial charge on any atom is -0.496 e. The summed E-state index contributed by atoms with van der Waals surface area (Å²) < 4.78 is 30.9. The van der Waals surface area contributed by atoms with E-state index in [0.717, 1.165) is 28.6 Å². The SMILES string of the molecule is COc1ccccc1CN(CCC(=O)Nc1c(C)cccc1C)S(C)(=O)=O. The first-order valence-corrected chi connectivity index (χ1v) is 10.5. The smallest absolute Gasteiger partial charge is 0.225 e. The number of anilines is 1. The summed E-state index contributed by atoms with van der Waals surface area (Å²) in [5, 5.41) is 2.89. The molecule has 2 aromatic rings. The van der Waals surface area contributed by atoms with Crippen LogP contribution in [0.5, 0.6) is 5.75 Å². The molecule has 146 valence electrons. The van der Waals surface area contributed by atoms with Gasteiger partial charge in [0, 0.05) is 30.8 Å². The van der Waals surface area contributed by atoms with Crippen LogP contribution in [0.1, 0.15) is 23.1 Å². The van der Waals surface area contributed by atoms with E-state index in [-0.39, 0.29) is 25.4 Å². The zero-order valence-corrected chi connectivity index (χ0v) is 17.0. The second-order valence-corrected chi connectivity index (χ2v) is 8.46. The maximum Gasteiger partial charge on any atom is 0.225 e. The van der Waals surface area contributed by atoms with E-state index < -0.39 is 10.0 Å². The highest BCUT2D eigenvalue weighted by molar-refractivity contribution is 7.88. The highest BCUT2D eigenvalue weighted by Crippen LogP contribution is 2.22. The minimum atomic E-state index is -3.48. The summed E-state index contributed by atoms with van der Waals surface area (Å²) >= 11 is 0. The molecule has 1 amide bonds. The number of nitrogens with one attached hydrogen (secondary N) is 1. The van der Waals surface area contributed by atoms with E-state index in [1.165, 1.54) is 4.31 Å². The Kier molecular flexibility index (Phi) is 6.98. The normalized spacial score (nSPS) is 11.4. The molecule has 0 atom stereocenters. The number of hydrogen-bond acceptors (Lipinski definition) is 4. The zero-order chi connectivity index (χ0) is 20.0. The number of nitrogens with zero attached hydrogens (tertiary/aromatic N) is 1. The Morgan fingerprint density at radius 2 is 1.70 bits per heavy atom. The third-order valence-electron chi connectivity index (χ3n) is 4.34. The van der Waals surface area contributed by atoms with Crippen molar-refractivity contribution in [2.24, 2.45) is 0 Å². The Labute approximate surface area is 161 Å². The average molecular weight is 391 g/mol. The van der Waals surface area contributed by atoms with Crippen molar-refractivity contribution < 1.29 is 17.9 Å². The number of para-hydroxylation sites is 2. The number of carbonyl (C=O) groups excluding carboxylic acids is 1. The summed E-state index contributed by atoms with van der Waals surface area (Å²) in [6.07, 6.45) is 1.21. The molecule has 2 aromatic carbocycles. The third-order valence-corrected chi connectivity index (χ3v) is 5.59. The van der Waals surface area contributed by atoms with Gasteiger partial charge in [-0.1, -0.05) is 36.4 Å². The van der Waals surface area contributed by atoms with Gasteiger partial charge in [-0.15, -0.1) is 0 Å². The lowest BCUT2D eigenvalue weighted by Crippen LogP contribution is -2.32. The van der Waals surface area contributed by atoms with Gasteiger partial charge in [-0.05, 0) is 31.0 Å². The predicted molar refractivity (Wildman–Crippen MR) is 107 cm³/mol. The fourth-order valence-corrected chi connectivity index (χ4v) is 3.62. The summed E-state index contributed by atoms with van der Waals surface area (Å²) in [4.78, 5) is 12.4. The summed E-state index contributed by atoms with van der Waals surface area (Å²) in [7, 11) is -1.93. The first-order valence-electron chi connectivity index (χ1n) is 8.65. The van der Waals surface area contributed by atoms with Crippen LogP contribution in [0, 0.1) is 13.8 Å². The maximum absolute atomic E-state index is 12.4. The lowest BCUT2D eigenvalue weighted by atomic mass is 10.1. The van der Waals surface area contributed by atoms with E-state index in [0.29, 0.717) is 5.75 Å². The molecular weight excluding hydrogens is 364 g/mol. The van der Waals surface area contributed by atoms with Crippen molar-refractivity contribution in [1.82, 2.24) is 4.31 Å². The van der Waals surface area contributed by atoms with Gasteiger partial charge in [0.15, 0.2) is 0 Å². The van der Waals surface area contributed by atoms with E-state index in [9.17, 15) is 13.2 Å². The summed E-state index contributed by atoms with van der Waals surface area (Å²) in [5.74, 6) is 0.396. The Bertz CT molecular complexity index is 890. The number of sulfonamides is 1. The molecule has 2 rings (SSSR count). The van der Waals surface area contributed by atoms with E-state index >= 15 is 0 Å². The second kappa shape index (κ2) is 9.01. The molecular formula is C20H26N2O4S. The van der Waals surface area contributed by atoms with Gasteiger partial charge in [0.1, 0.15) is 5.75 Å². The number of amides is 1. The van der Waals surface area contributed by atoms with Crippen molar-refractivity contribution in [3.63, 3.8) is 0 Å². The molecule has 0 aliphatic heterocycles. The molecule has 7 heteroatoms. The van der Waals surface area contributed by atoms with Crippen molar-refractivity contribution in [2.45, 2.75) is 26.8 Å². The minimum absolute atomic E-state index is 0.0655. The molecule has 0 radical (unpaired) electrons. The number of hydrogen-bond donors (Lipinski definition) is 1. The average Bonchev–Trinajstić information content (AvgIpc) is 2.61. The molecule has 6 nitrogen and oxygen atoms in total. The van der Waals surface area contributed by atoms with Crippen molar-refractivity contribution in [1.29, 1.82) is 0 Å². The first-order chi connectivity index (χ1) is 12.7. The van der Waals surface area contributed by atoms with Gasteiger partial charge >= 0.3 is 0 Å². The van der Waals surface area contributed by atoms with Gasteiger partial charge in [-0.2, -0.15) is 4.31 Å². The van der Waals surface area contributed by atoms with Crippen LogP contribution in [-0.4, -0.2) is 38.5 Å². The van der Waals surface area contributed by atoms with Gasteiger partial charge in [-0.3, -0.25) is 4.79 Å². The summed E-state index contributed by atoms with van der Waals surface area (Å²) in [5.41, 5.74) is 3.47. The van der Waals surface area contributed by atoms with Gasteiger partial charge in [0.25, 0.3) is 0 Å². The van der Waals surface area contributed by atoms with E-state index in [4.69, 9.17) is 4.74 Å². The molecule has 0 aliphatic rings. The molecule has 0 saturated heterocycles. The van der Waals surface area contributed by atoms with Crippen LogP contribution in [0.3, 0.4) is 0 Å². The number of ether oxygens (including phenoxy) is 1. The Hall–Kier alpha value is -2.38. The number of rotatable bonds is 8. The zero-order valence-electron chi connectivity index (χ0n) is 16.2. The lowest BCUT2D eigenvalue weighted by molar-refractivity contribution is -0.116. The first kappa shape index (κ1) is 20.9. The highest BCUT2D eigenvalue weighted by atomic mass is 32.2. The van der Waals surface area contributed by atoms with E-state index in [1.807, 2.05) is 50.2 Å². The lowest BCUT2D eigenvalue weighted by Gasteiger charge is -2.21. The number of benzene rings is 2. The van der Waals surface area contributed by atoms with Gasteiger partial charge in [0.05, 0.1) is 13.4 Å². The molecule has 0 heterocycles. The van der Waals surface area contributed by atoms with Crippen molar-refractivity contribution in [3.05, 3.63) is 59.2 Å².